The molecule has 0 saturated heterocycles. The maximum absolute atomic E-state index is 10.8. The molecule has 0 saturated carbocycles. The second-order valence-corrected chi connectivity index (χ2v) is 5.42. The molecule has 17 heavy (non-hydrogen) atoms. The molecule has 0 aliphatic heterocycles. The van der Waals surface area contributed by atoms with E-state index in [0.717, 1.165) is 10.6 Å². The van der Waals surface area contributed by atoms with Crippen molar-refractivity contribution in [1.29, 1.82) is 0 Å². The van der Waals surface area contributed by atoms with Gasteiger partial charge in [0.15, 0.2) is 0 Å². The standard InChI is InChI=1S/C11H14N2O2S2/c1-13-6-2-4-9(13)8-10(12-17(14)15)11-5-3-7-16-11/h2-7,10,12H,8H2,1H3,(H,14,15)/p-1. The normalized spacial score (nSPS) is 14.7. The van der Waals surface area contributed by atoms with Crippen molar-refractivity contribution in [2.24, 2.45) is 7.05 Å². The number of hydrogen-bond donors (Lipinski definition) is 1. The van der Waals surface area contributed by atoms with Crippen LogP contribution in [-0.4, -0.2) is 13.3 Å². The van der Waals surface area contributed by atoms with E-state index in [2.05, 4.69) is 4.72 Å². The number of aromatic nitrogens is 1. The van der Waals surface area contributed by atoms with Crippen molar-refractivity contribution in [2.75, 3.05) is 0 Å². The van der Waals surface area contributed by atoms with Crippen LogP contribution in [0.15, 0.2) is 35.8 Å². The van der Waals surface area contributed by atoms with Crippen molar-refractivity contribution in [3.63, 3.8) is 0 Å². The SMILES string of the molecule is Cn1cccc1CC(NS(=O)[O-])c1cccs1. The predicted molar refractivity (Wildman–Crippen MR) is 68.2 cm³/mol. The molecule has 0 bridgehead atoms. The molecule has 1 N–H and O–H groups in total. The van der Waals surface area contributed by atoms with E-state index in [9.17, 15) is 8.76 Å². The van der Waals surface area contributed by atoms with Crippen LogP contribution in [0.25, 0.3) is 0 Å². The third-order valence-corrected chi connectivity index (χ3v) is 4.05. The monoisotopic (exact) mass is 269 g/mol. The van der Waals surface area contributed by atoms with Gasteiger partial charge in [-0.2, -0.15) is 0 Å². The first-order chi connectivity index (χ1) is 8.16. The van der Waals surface area contributed by atoms with Gasteiger partial charge >= 0.3 is 0 Å². The summed E-state index contributed by atoms with van der Waals surface area (Å²) < 4.78 is 26.2. The summed E-state index contributed by atoms with van der Waals surface area (Å²) in [6.45, 7) is 0. The summed E-state index contributed by atoms with van der Waals surface area (Å²) in [6.07, 6.45) is 2.60. The van der Waals surface area contributed by atoms with Crippen LogP contribution < -0.4 is 4.72 Å². The Labute approximate surface area is 107 Å². The summed E-state index contributed by atoms with van der Waals surface area (Å²) in [5.41, 5.74) is 1.10. The molecule has 0 amide bonds. The lowest BCUT2D eigenvalue weighted by Crippen LogP contribution is -2.25. The molecular weight excluding hydrogens is 256 g/mol. The number of hydrogen-bond acceptors (Lipinski definition) is 3. The average molecular weight is 269 g/mol. The number of rotatable bonds is 5. The molecule has 0 aliphatic rings. The van der Waals surface area contributed by atoms with Gasteiger partial charge in [0, 0.05) is 41.5 Å². The van der Waals surface area contributed by atoms with Crippen LogP contribution in [0.3, 0.4) is 0 Å². The maximum atomic E-state index is 10.8. The minimum Gasteiger partial charge on any atom is -0.760 e. The van der Waals surface area contributed by atoms with Crippen LogP contribution in [0, 0.1) is 0 Å². The van der Waals surface area contributed by atoms with Crippen molar-refractivity contribution in [2.45, 2.75) is 12.5 Å². The lowest BCUT2D eigenvalue weighted by atomic mass is 10.1. The molecule has 0 fully saturated rings. The second-order valence-electron chi connectivity index (χ2n) is 3.74. The van der Waals surface area contributed by atoms with Crippen LogP contribution in [0.2, 0.25) is 0 Å². The Balaban J connectivity index is 2.17. The number of thiophene rings is 1. The van der Waals surface area contributed by atoms with Gasteiger partial charge in [0.2, 0.25) is 0 Å². The van der Waals surface area contributed by atoms with E-state index in [1.165, 1.54) is 0 Å². The number of nitrogens with zero attached hydrogens (tertiary/aromatic N) is 1. The predicted octanol–water partition coefficient (Wildman–Crippen LogP) is 1.75. The first-order valence-corrected chi connectivity index (χ1v) is 7.11. The molecule has 2 heterocycles. The number of aryl methyl sites for hydroxylation is 1. The summed E-state index contributed by atoms with van der Waals surface area (Å²) in [5.74, 6) is 0. The first kappa shape index (κ1) is 12.5. The zero-order chi connectivity index (χ0) is 12.3. The molecule has 2 rings (SSSR count). The molecule has 0 radical (unpaired) electrons. The fourth-order valence-electron chi connectivity index (χ4n) is 1.72. The third-order valence-electron chi connectivity index (χ3n) is 2.59. The average Bonchev–Trinajstić information content (AvgIpc) is 2.89. The van der Waals surface area contributed by atoms with Gasteiger partial charge in [-0.25, -0.2) is 4.72 Å². The Morgan fingerprint density at radius 1 is 1.53 bits per heavy atom. The van der Waals surface area contributed by atoms with Gasteiger partial charge in [-0.05, 0) is 23.6 Å². The molecule has 4 nitrogen and oxygen atoms in total. The van der Waals surface area contributed by atoms with Crippen molar-refractivity contribution in [3.8, 4) is 0 Å². The molecule has 0 aliphatic carbocycles. The summed E-state index contributed by atoms with van der Waals surface area (Å²) in [4.78, 5) is 1.02. The Hall–Kier alpha value is -0.950. The zero-order valence-electron chi connectivity index (χ0n) is 9.33. The van der Waals surface area contributed by atoms with Crippen LogP contribution in [0.1, 0.15) is 16.6 Å². The van der Waals surface area contributed by atoms with Gasteiger partial charge in [-0.3, -0.25) is 4.21 Å². The maximum Gasteiger partial charge on any atom is 0.0581 e. The van der Waals surface area contributed by atoms with E-state index in [4.69, 9.17) is 0 Å². The summed E-state index contributed by atoms with van der Waals surface area (Å²) in [7, 11) is 1.95. The van der Waals surface area contributed by atoms with Crippen LogP contribution in [0.4, 0.5) is 0 Å². The molecule has 2 atom stereocenters. The molecule has 0 aromatic carbocycles. The lowest BCUT2D eigenvalue weighted by Gasteiger charge is -2.19. The molecule has 2 unspecified atom stereocenters. The van der Waals surface area contributed by atoms with Gasteiger partial charge in [0.25, 0.3) is 0 Å². The first-order valence-electron chi connectivity index (χ1n) is 5.16. The Bertz CT molecular complexity index is 493. The highest BCUT2D eigenvalue weighted by molar-refractivity contribution is 7.77. The molecular formula is C11H13N2O2S2-. The van der Waals surface area contributed by atoms with Gasteiger partial charge in [0.1, 0.15) is 0 Å². The lowest BCUT2D eigenvalue weighted by molar-refractivity contribution is 0.503. The van der Waals surface area contributed by atoms with E-state index in [0.29, 0.717) is 6.42 Å². The highest BCUT2D eigenvalue weighted by Gasteiger charge is 2.14. The van der Waals surface area contributed by atoms with E-state index >= 15 is 0 Å². The topological polar surface area (TPSA) is 57.1 Å². The quantitative estimate of drug-likeness (QED) is 0.841. The Morgan fingerprint density at radius 3 is 2.88 bits per heavy atom. The molecule has 92 valence electrons. The highest BCUT2D eigenvalue weighted by Crippen LogP contribution is 2.23. The fraction of sp³-hybridized carbons (Fsp3) is 0.273. The summed E-state index contributed by atoms with van der Waals surface area (Å²) >= 11 is -0.695. The van der Waals surface area contributed by atoms with E-state index in [1.54, 1.807) is 11.3 Å². The fourth-order valence-corrected chi connectivity index (χ4v) is 3.02. The van der Waals surface area contributed by atoms with Gasteiger partial charge in [-0.15, -0.1) is 11.3 Å². The highest BCUT2D eigenvalue weighted by atomic mass is 32.2. The van der Waals surface area contributed by atoms with Crippen molar-refractivity contribution >= 4 is 22.6 Å². The second kappa shape index (κ2) is 5.59. The molecule has 2 aromatic heterocycles. The van der Waals surface area contributed by atoms with Crippen LogP contribution >= 0.6 is 11.3 Å². The third kappa shape index (κ3) is 3.26. The van der Waals surface area contributed by atoms with Crippen molar-refractivity contribution in [1.82, 2.24) is 9.29 Å². The van der Waals surface area contributed by atoms with E-state index < -0.39 is 11.3 Å². The summed E-state index contributed by atoms with van der Waals surface area (Å²) in [6, 6.07) is 7.62. The van der Waals surface area contributed by atoms with Gasteiger partial charge in [-0.1, -0.05) is 6.07 Å². The zero-order valence-corrected chi connectivity index (χ0v) is 11.0. The van der Waals surface area contributed by atoms with Gasteiger partial charge < -0.3 is 9.12 Å². The Morgan fingerprint density at radius 2 is 2.35 bits per heavy atom. The minimum absolute atomic E-state index is 0.193. The van der Waals surface area contributed by atoms with E-state index in [-0.39, 0.29) is 6.04 Å². The van der Waals surface area contributed by atoms with E-state index in [1.807, 2.05) is 47.5 Å². The summed E-state index contributed by atoms with van der Waals surface area (Å²) in [5, 5.41) is 1.95. The largest absolute Gasteiger partial charge is 0.760 e. The van der Waals surface area contributed by atoms with Crippen molar-refractivity contribution in [3.05, 3.63) is 46.4 Å². The van der Waals surface area contributed by atoms with Crippen LogP contribution in [0.5, 0.6) is 0 Å². The number of nitrogens with one attached hydrogen (secondary N) is 1. The minimum atomic E-state index is -2.25. The molecule has 6 heteroatoms. The van der Waals surface area contributed by atoms with Gasteiger partial charge in [0.05, 0.1) is 6.04 Å². The molecule has 0 spiro atoms. The molecule has 2 aromatic rings. The van der Waals surface area contributed by atoms with Crippen LogP contribution in [-0.2, 0) is 24.7 Å². The smallest absolute Gasteiger partial charge is 0.0581 e. The Kier molecular flexibility index (Phi) is 4.11. The van der Waals surface area contributed by atoms with Crippen molar-refractivity contribution < 1.29 is 8.76 Å².